The van der Waals surface area contributed by atoms with Gasteiger partial charge in [-0.05, 0) is 33.5 Å². The van der Waals surface area contributed by atoms with Gasteiger partial charge in [0.1, 0.15) is 0 Å². The maximum absolute atomic E-state index is 5.45. The molecule has 14 heavy (non-hydrogen) atoms. The van der Waals surface area contributed by atoms with Gasteiger partial charge in [-0.25, -0.2) is 0 Å². The second-order valence-electron chi connectivity index (χ2n) is 3.58. The van der Waals surface area contributed by atoms with E-state index in [0.717, 1.165) is 32.6 Å². The fourth-order valence-corrected chi connectivity index (χ4v) is 1.41. The van der Waals surface area contributed by atoms with Gasteiger partial charge in [-0.15, -0.1) is 0 Å². The van der Waals surface area contributed by atoms with Crippen LogP contribution in [0, 0.1) is 0 Å². The first-order valence-corrected chi connectivity index (χ1v) is 5.16. The van der Waals surface area contributed by atoms with Gasteiger partial charge in [-0.2, -0.15) is 5.10 Å². The van der Waals surface area contributed by atoms with Crippen molar-refractivity contribution in [1.29, 1.82) is 0 Å². The lowest BCUT2D eigenvalue weighted by molar-refractivity contribution is 0.324. The monoisotopic (exact) mass is 196 g/mol. The van der Waals surface area contributed by atoms with Crippen molar-refractivity contribution in [1.82, 2.24) is 14.7 Å². The summed E-state index contributed by atoms with van der Waals surface area (Å²) < 4.78 is 1.95. The van der Waals surface area contributed by atoms with Crippen LogP contribution in [0.5, 0.6) is 0 Å². The molecule has 0 aromatic carbocycles. The van der Waals surface area contributed by atoms with Crippen molar-refractivity contribution in [3.05, 3.63) is 18.0 Å². The number of aromatic nitrogens is 2. The van der Waals surface area contributed by atoms with E-state index in [9.17, 15) is 0 Å². The lowest BCUT2D eigenvalue weighted by atomic mass is 10.3. The predicted molar refractivity (Wildman–Crippen MR) is 57.9 cm³/mol. The molecule has 0 atom stereocenters. The molecule has 4 heteroatoms. The fourth-order valence-electron chi connectivity index (χ4n) is 1.41. The van der Waals surface area contributed by atoms with Gasteiger partial charge in [0.25, 0.3) is 0 Å². The van der Waals surface area contributed by atoms with Gasteiger partial charge in [-0.3, -0.25) is 4.68 Å². The van der Waals surface area contributed by atoms with Crippen molar-refractivity contribution in [2.24, 2.45) is 5.73 Å². The molecular formula is C10H20N4. The van der Waals surface area contributed by atoms with E-state index in [2.05, 4.69) is 30.2 Å². The lowest BCUT2D eigenvalue weighted by Crippen LogP contribution is -2.21. The number of nitrogens with two attached hydrogens (primary N) is 1. The first-order valence-electron chi connectivity index (χ1n) is 5.16. The maximum Gasteiger partial charge on any atom is 0.0534 e. The van der Waals surface area contributed by atoms with Gasteiger partial charge in [0.2, 0.25) is 0 Å². The Labute approximate surface area is 85.7 Å². The Balaban J connectivity index is 2.35. The van der Waals surface area contributed by atoms with E-state index in [0.29, 0.717) is 0 Å². The lowest BCUT2D eigenvalue weighted by Gasteiger charge is -2.14. The SMILES string of the molecule is CCn1cc(CN(C)CCCN)cn1. The average molecular weight is 196 g/mol. The third-order valence-electron chi connectivity index (χ3n) is 2.21. The van der Waals surface area contributed by atoms with Crippen LogP contribution in [0.2, 0.25) is 0 Å². The molecule has 0 saturated heterocycles. The second kappa shape index (κ2) is 5.78. The quantitative estimate of drug-likeness (QED) is 0.728. The molecule has 0 spiro atoms. The number of rotatable bonds is 6. The fraction of sp³-hybridized carbons (Fsp3) is 0.700. The zero-order chi connectivity index (χ0) is 10.4. The maximum atomic E-state index is 5.45. The molecule has 1 heterocycles. The summed E-state index contributed by atoms with van der Waals surface area (Å²) in [4.78, 5) is 2.27. The molecule has 0 fully saturated rings. The molecule has 1 aromatic heterocycles. The third-order valence-corrected chi connectivity index (χ3v) is 2.21. The average Bonchev–Trinajstić information content (AvgIpc) is 2.62. The Kier molecular flexibility index (Phi) is 4.62. The van der Waals surface area contributed by atoms with E-state index in [4.69, 9.17) is 5.73 Å². The van der Waals surface area contributed by atoms with Crippen LogP contribution in [0.4, 0.5) is 0 Å². The van der Waals surface area contributed by atoms with Crippen LogP contribution < -0.4 is 5.73 Å². The van der Waals surface area contributed by atoms with Crippen LogP contribution in [-0.2, 0) is 13.1 Å². The first-order chi connectivity index (χ1) is 6.76. The van der Waals surface area contributed by atoms with Crippen molar-refractivity contribution < 1.29 is 0 Å². The molecule has 1 rings (SSSR count). The zero-order valence-electron chi connectivity index (χ0n) is 9.11. The highest BCUT2D eigenvalue weighted by molar-refractivity contribution is 5.03. The van der Waals surface area contributed by atoms with E-state index < -0.39 is 0 Å². The van der Waals surface area contributed by atoms with E-state index in [1.54, 1.807) is 0 Å². The summed E-state index contributed by atoms with van der Waals surface area (Å²) in [6.07, 6.45) is 5.08. The molecule has 4 nitrogen and oxygen atoms in total. The molecule has 80 valence electrons. The molecule has 0 radical (unpaired) electrons. The van der Waals surface area contributed by atoms with E-state index in [1.807, 2.05) is 10.9 Å². The molecule has 0 unspecified atom stereocenters. The second-order valence-corrected chi connectivity index (χ2v) is 3.58. The van der Waals surface area contributed by atoms with Gasteiger partial charge in [0.05, 0.1) is 6.20 Å². The van der Waals surface area contributed by atoms with E-state index in [1.165, 1.54) is 5.56 Å². The van der Waals surface area contributed by atoms with Crippen LogP contribution in [0.25, 0.3) is 0 Å². The molecule has 0 bridgehead atoms. The third kappa shape index (κ3) is 3.47. The van der Waals surface area contributed by atoms with Gasteiger partial charge < -0.3 is 10.6 Å². The summed E-state index contributed by atoms with van der Waals surface area (Å²) in [6, 6.07) is 0. The minimum absolute atomic E-state index is 0.762. The van der Waals surface area contributed by atoms with Crippen LogP contribution in [0.3, 0.4) is 0 Å². The summed E-state index contributed by atoms with van der Waals surface area (Å²) in [5.74, 6) is 0. The first kappa shape index (κ1) is 11.2. The number of hydrogen-bond donors (Lipinski definition) is 1. The molecule has 0 aliphatic heterocycles. The molecule has 0 saturated carbocycles. The largest absolute Gasteiger partial charge is 0.330 e. The predicted octanol–water partition coefficient (Wildman–Crippen LogP) is 0.684. The highest BCUT2D eigenvalue weighted by Crippen LogP contribution is 2.02. The molecule has 0 aliphatic rings. The van der Waals surface area contributed by atoms with Gasteiger partial charge in [0, 0.05) is 24.8 Å². The van der Waals surface area contributed by atoms with Crippen molar-refractivity contribution in [2.45, 2.75) is 26.4 Å². The Morgan fingerprint density at radius 2 is 2.36 bits per heavy atom. The van der Waals surface area contributed by atoms with Crippen molar-refractivity contribution >= 4 is 0 Å². The molecule has 0 amide bonds. The van der Waals surface area contributed by atoms with Crippen molar-refractivity contribution in [2.75, 3.05) is 20.1 Å². The zero-order valence-corrected chi connectivity index (χ0v) is 9.11. The Morgan fingerprint density at radius 3 is 2.93 bits per heavy atom. The Morgan fingerprint density at radius 1 is 1.57 bits per heavy atom. The summed E-state index contributed by atoms with van der Waals surface area (Å²) in [6.45, 7) is 5.80. The minimum Gasteiger partial charge on any atom is -0.330 e. The van der Waals surface area contributed by atoms with Gasteiger partial charge in [0.15, 0.2) is 0 Å². The Hall–Kier alpha value is -0.870. The number of aryl methyl sites for hydroxylation is 1. The number of hydrogen-bond acceptors (Lipinski definition) is 3. The van der Waals surface area contributed by atoms with Crippen LogP contribution in [0.15, 0.2) is 12.4 Å². The van der Waals surface area contributed by atoms with Gasteiger partial charge >= 0.3 is 0 Å². The van der Waals surface area contributed by atoms with Gasteiger partial charge in [-0.1, -0.05) is 0 Å². The topological polar surface area (TPSA) is 47.1 Å². The molecule has 2 N–H and O–H groups in total. The van der Waals surface area contributed by atoms with Crippen LogP contribution in [-0.4, -0.2) is 34.8 Å². The van der Waals surface area contributed by atoms with E-state index in [-0.39, 0.29) is 0 Å². The van der Waals surface area contributed by atoms with Crippen molar-refractivity contribution in [3.63, 3.8) is 0 Å². The van der Waals surface area contributed by atoms with Crippen LogP contribution >= 0.6 is 0 Å². The normalized spacial score (nSPS) is 11.1. The molecule has 0 aliphatic carbocycles. The highest BCUT2D eigenvalue weighted by Gasteiger charge is 2.01. The summed E-state index contributed by atoms with van der Waals surface area (Å²) in [5, 5.41) is 4.23. The molecule has 1 aromatic rings. The summed E-state index contributed by atoms with van der Waals surface area (Å²) in [5.41, 5.74) is 6.72. The Bertz CT molecular complexity index is 256. The standard InChI is InChI=1S/C10H20N4/c1-3-14-9-10(7-12-14)8-13(2)6-4-5-11/h7,9H,3-6,8,11H2,1-2H3. The summed E-state index contributed by atoms with van der Waals surface area (Å²) >= 11 is 0. The van der Waals surface area contributed by atoms with E-state index >= 15 is 0 Å². The highest BCUT2D eigenvalue weighted by atomic mass is 15.3. The van der Waals surface area contributed by atoms with Crippen molar-refractivity contribution in [3.8, 4) is 0 Å². The summed E-state index contributed by atoms with van der Waals surface area (Å²) in [7, 11) is 2.11. The van der Waals surface area contributed by atoms with Crippen LogP contribution in [0.1, 0.15) is 18.9 Å². The number of nitrogens with zero attached hydrogens (tertiary/aromatic N) is 3. The minimum atomic E-state index is 0.762. The smallest absolute Gasteiger partial charge is 0.0534 e. The molecular weight excluding hydrogens is 176 g/mol.